The molecule has 108 valence electrons. The van der Waals surface area contributed by atoms with Gasteiger partial charge in [0.15, 0.2) is 0 Å². The number of pyridine rings is 1. The first kappa shape index (κ1) is 14.7. The summed E-state index contributed by atoms with van der Waals surface area (Å²) in [6, 6.07) is 4.66. The van der Waals surface area contributed by atoms with Crippen LogP contribution in [0.1, 0.15) is 31.7 Å². The summed E-state index contributed by atoms with van der Waals surface area (Å²) >= 11 is 0. The van der Waals surface area contributed by atoms with Crippen LogP contribution in [0.2, 0.25) is 0 Å². The fourth-order valence-corrected chi connectivity index (χ4v) is 2.49. The lowest BCUT2D eigenvalue weighted by Gasteiger charge is -2.18. The van der Waals surface area contributed by atoms with E-state index in [4.69, 9.17) is 0 Å². The molecular weight excluding hydrogens is 248 g/mol. The molecule has 0 amide bonds. The third kappa shape index (κ3) is 4.17. The van der Waals surface area contributed by atoms with Crippen LogP contribution in [0.5, 0.6) is 0 Å². The molecule has 1 unspecified atom stereocenters. The van der Waals surface area contributed by atoms with Crippen LogP contribution in [-0.4, -0.2) is 27.1 Å². The molecule has 0 aliphatic rings. The van der Waals surface area contributed by atoms with E-state index in [1.54, 1.807) is 0 Å². The summed E-state index contributed by atoms with van der Waals surface area (Å²) in [5.41, 5.74) is 1.35. The summed E-state index contributed by atoms with van der Waals surface area (Å²) < 4.78 is 2.22. The van der Waals surface area contributed by atoms with Crippen molar-refractivity contribution in [1.29, 1.82) is 0 Å². The minimum atomic E-state index is 0.473. The van der Waals surface area contributed by atoms with E-state index in [0.29, 0.717) is 6.04 Å². The van der Waals surface area contributed by atoms with Crippen molar-refractivity contribution in [2.24, 2.45) is 0 Å². The van der Waals surface area contributed by atoms with E-state index in [2.05, 4.69) is 52.0 Å². The Morgan fingerprint density at radius 2 is 2.00 bits per heavy atom. The molecule has 0 radical (unpaired) electrons. The Morgan fingerprint density at radius 3 is 2.70 bits per heavy atom. The average molecular weight is 272 g/mol. The largest absolute Gasteiger partial charge is 0.335 e. The summed E-state index contributed by atoms with van der Waals surface area (Å²) in [7, 11) is 0. The van der Waals surface area contributed by atoms with E-state index in [0.717, 1.165) is 32.4 Å². The van der Waals surface area contributed by atoms with Gasteiger partial charge in [-0.2, -0.15) is 0 Å². The number of hydrogen-bond donors (Lipinski definition) is 1. The number of aryl methyl sites for hydroxylation is 2. The molecule has 0 bridgehead atoms. The monoisotopic (exact) mass is 272 g/mol. The minimum absolute atomic E-state index is 0.473. The van der Waals surface area contributed by atoms with Gasteiger partial charge in [0.1, 0.15) is 5.82 Å². The Kier molecular flexibility index (Phi) is 5.74. The smallest absolute Gasteiger partial charge is 0.110 e. The summed E-state index contributed by atoms with van der Waals surface area (Å²) in [5.74, 6) is 1.17. The van der Waals surface area contributed by atoms with E-state index >= 15 is 0 Å². The highest BCUT2D eigenvalue weighted by Crippen LogP contribution is 2.09. The highest BCUT2D eigenvalue weighted by molar-refractivity contribution is 5.10. The minimum Gasteiger partial charge on any atom is -0.335 e. The van der Waals surface area contributed by atoms with Crippen molar-refractivity contribution in [2.45, 2.75) is 45.7 Å². The molecule has 1 atom stereocenters. The zero-order chi connectivity index (χ0) is 14.2. The van der Waals surface area contributed by atoms with Crippen LogP contribution < -0.4 is 5.32 Å². The molecule has 0 aliphatic heterocycles. The predicted octanol–water partition coefficient (Wildman–Crippen LogP) is 2.45. The third-order valence-electron chi connectivity index (χ3n) is 3.59. The normalized spacial score (nSPS) is 12.5. The quantitative estimate of drug-likeness (QED) is 0.802. The van der Waals surface area contributed by atoms with E-state index < -0.39 is 0 Å². The van der Waals surface area contributed by atoms with Crippen molar-refractivity contribution in [3.05, 3.63) is 48.3 Å². The molecule has 2 aromatic rings. The average Bonchev–Trinajstić information content (AvgIpc) is 2.93. The summed E-state index contributed by atoms with van der Waals surface area (Å²) in [6.45, 7) is 6.29. The Morgan fingerprint density at radius 1 is 1.20 bits per heavy atom. The molecule has 2 rings (SSSR count). The molecule has 0 aliphatic carbocycles. The molecule has 1 N–H and O–H groups in total. The first-order chi connectivity index (χ1) is 9.83. The SMILES string of the molecule is CCNC(CCc1ccncc1)Cc1nccn1CC. The fourth-order valence-electron chi connectivity index (χ4n) is 2.49. The van der Waals surface area contributed by atoms with Gasteiger partial charge in [0.05, 0.1) is 0 Å². The first-order valence-electron chi connectivity index (χ1n) is 7.45. The number of nitrogens with one attached hydrogen (secondary N) is 1. The van der Waals surface area contributed by atoms with Crippen LogP contribution in [0.25, 0.3) is 0 Å². The molecule has 2 aromatic heterocycles. The lowest BCUT2D eigenvalue weighted by Crippen LogP contribution is -2.32. The van der Waals surface area contributed by atoms with Crippen molar-refractivity contribution in [2.75, 3.05) is 6.54 Å². The van der Waals surface area contributed by atoms with E-state index in [1.807, 2.05) is 18.6 Å². The van der Waals surface area contributed by atoms with Crippen LogP contribution in [0.3, 0.4) is 0 Å². The third-order valence-corrected chi connectivity index (χ3v) is 3.59. The van der Waals surface area contributed by atoms with E-state index in [9.17, 15) is 0 Å². The van der Waals surface area contributed by atoms with Gasteiger partial charge in [-0.1, -0.05) is 6.92 Å². The molecule has 2 heterocycles. The number of rotatable bonds is 8. The van der Waals surface area contributed by atoms with Crippen molar-refractivity contribution in [1.82, 2.24) is 19.9 Å². The first-order valence-corrected chi connectivity index (χ1v) is 7.45. The molecule has 0 fully saturated rings. The second-order valence-corrected chi connectivity index (χ2v) is 4.98. The van der Waals surface area contributed by atoms with Gasteiger partial charge in [0.2, 0.25) is 0 Å². The second-order valence-electron chi connectivity index (χ2n) is 4.98. The standard InChI is InChI=1S/C16H24N4/c1-3-18-15(6-5-14-7-9-17-10-8-14)13-16-19-11-12-20(16)4-2/h7-12,15,18H,3-6,13H2,1-2H3. The summed E-state index contributed by atoms with van der Waals surface area (Å²) in [6.07, 6.45) is 10.9. The highest BCUT2D eigenvalue weighted by Gasteiger charge is 2.12. The maximum absolute atomic E-state index is 4.48. The molecule has 0 saturated carbocycles. The van der Waals surface area contributed by atoms with Gasteiger partial charge < -0.3 is 9.88 Å². The molecule has 0 saturated heterocycles. The lowest BCUT2D eigenvalue weighted by molar-refractivity contribution is 0.473. The second kappa shape index (κ2) is 7.80. The highest BCUT2D eigenvalue weighted by atomic mass is 15.1. The van der Waals surface area contributed by atoms with E-state index in [-0.39, 0.29) is 0 Å². The van der Waals surface area contributed by atoms with Crippen LogP contribution in [0.4, 0.5) is 0 Å². The Bertz CT molecular complexity index is 492. The summed E-state index contributed by atoms with van der Waals surface area (Å²) in [5, 5.41) is 3.57. The molecule has 4 heteroatoms. The lowest BCUT2D eigenvalue weighted by atomic mass is 10.0. The zero-order valence-corrected chi connectivity index (χ0v) is 12.4. The molecule has 20 heavy (non-hydrogen) atoms. The number of hydrogen-bond acceptors (Lipinski definition) is 3. The van der Waals surface area contributed by atoms with Crippen LogP contribution >= 0.6 is 0 Å². The van der Waals surface area contributed by atoms with Crippen LogP contribution in [0, 0.1) is 0 Å². The van der Waals surface area contributed by atoms with Crippen LogP contribution in [-0.2, 0) is 19.4 Å². The van der Waals surface area contributed by atoms with E-state index in [1.165, 1.54) is 11.4 Å². The molecule has 4 nitrogen and oxygen atoms in total. The number of aromatic nitrogens is 3. The van der Waals surface area contributed by atoms with Crippen molar-refractivity contribution >= 4 is 0 Å². The number of imidazole rings is 1. The maximum Gasteiger partial charge on any atom is 0.110 e. The van der Waals surface area contributed by atoms with Crippen molar-refractivity contribution in [3.8, 4) is 0 Å². The van der Waals surface area contributed by atoms with Crippen molar-refractivity contribution in [3.63, 3.8) is 0 Å². The fraction of sp³-hybridized carbons (Fsp3) is 0.500. The van der Waals surface area contributed by atoms with Gasteiger partial charge in [0, 0.05) is 43.8 Å². The van der Waals surface area contributed by atoms with Gasteiger partial charge in [-0.05, 0) is 44.0 Å². The number of nitrogens with zero attached hydrogens (tertiary/aromatic N) is 3. The Hall–Kier alpha value is -1.68. The number of likely N-dealkylation sites (N-methyl/N-ethyl adjacent to an activating group) is 1. The topological polar surface area (TPSA) is 42.7 Å². The molecule has 0 spiro atoms. The van der Waals surface area contributed by atoms with Crippen molar-refractivity contribution < 1.29 is 0 Å². The van der Waals surface area contributed by atoms with Crippen LogP contribution in [0.15, 0.2) is 36.9 Å². The van der Waals surface area contributed by atoms with Gasteiger partial charge in [0.25, 0.3) is 0 Å². The maximum atomic E-state index is 4.48. The van der Waals surface area contributed by atoms with Gasteiger partial charge in [-0.25, -0.2) is 4.98 Å². The molecular formula is C16H24N4. The Labute approximate surface area is 121 Å². The predicted molar refractivity (Wildman–Crippen MR) is 81.6 cm³/mol. The van der Waals surface area contributed by atoms with Gasteiger partial charge in [-0.3, -0.25) is 4.98 Å². The Balaban J connectivity index is 1.93. The zero-order valence-electron chi connectivity index (χ0n) is 12.4. The summed E-state index contributed by atoms with van der Waals surface area (Å²) in [4.78, 5) is 8.54. The van der Waals surface area contributed by atoms with Gasteiger partial charge >= 0.3 is 0 Å². The van der Waals surface area contributed by atoms with Gasteiger partial charge in [-0.15, -0.1) is 0 Å². The molecule has 0 aromatic carbocycles.